The molecular formula is C16H17N3O4S. The molecule has 24 heavy (non-hydrogen) atoms. The van der Waals surface area contributed by atoms with E-state index in [1.165, 1.54) is 6.07 Å². The molecule has 126 valence electrons. The van der Waals surface area contributed by atoms with Crippen LogP contribution in [0.15, 0.2) is 41.3 Å². The molecule has 0 fully saturated rings. The number of hydrogen-bond donors (Lipinski definition) is 2. The second-order valence-electron chi connectivity index (χ2n) is 5.45. The van der Waals surface area contributed by atoms with Gasteiger partial charge >= 0.3 is 6.03 Å². The quantitative estimate of drug-likeness (QED) is 0.878. The second kappa shape index (κ2) is 6.12. The van der Waals surface area contributed by atoms with Crippen molar-refractivity contribution < 1.29 is 18.0 Å². The van der Waals surface area contributed by atoms with Crippen molar-refractivity contribution in [2.24, 2.45) is 0 Å². The van der Waals surface area contributed by atoms with Crippen LogP contribution in [0, 0.1) is 0 Å². The molecule has 3 amide bonds. The number of urea groups is 1. The summed E-state index contributed by atoms with van der Waals surface area (Å²) in [4.78, 5) is 23.8. The summed E-state index contributed by atoms with van der Waals surface area (Å²) in [7, 11) is -3.81. The van der Waals surface area contributed by atoms with Crippen molar-refractivity contribution in [2.75, 3.05) is 17.4 Å². The average molecular weight is 347 g/mol. The molecule has 0 aromatic heterocycles. The minimum absolute atomic E-state index is 0.179. The molecule has 7 nitrogen and oxygen atoms in total. The summed E-state index contributed by atoms with van der Waals surface area (Å²) in [6.45, 7) is 1.87. The molecule has 2 aromatic carbocycles. The first-order valence-electron chi connectivity index (χ1n) is 7.57. The van der Waals surface area contributed by atoms with Gasteiger partial charge in [0.25, 0.3) is 10.0 Å². The third-order valence-corrected chi connectivity index (χ3v) is 5.56. The molecule has 0 atom stereocenters. The van der Waals surface area contributed by atoms with Crippen molar-refractivity contribution >= 4 is 38.4 Å². The maximum Gasteiger partial charge on any atom is 0.321 e. The lowest BCUT2D eigenvalue weighted by Gasteiger charge is -2.18. The summed E-state index contributed by atoms with van der Waals surface area (Å²) in [5, 5.41) is 6.04. The van der Waals surface area contributed by atoms with Crippen LogP contribution >= 0.6 is 0 Å². The van der Waals surface area contributed by atoms with Gasteiger partial charge in [0.15, 0.2) is 0 Å². The van der Waals surface area contributed by atoms with Gasteiger partial charge in [0.1, 0.15) is 6.54 Å². The maximum absolute atomic E-state index is 12.7. The molecule has 2 N–H and O–H groups in total. The van der Waals surface area contributed by atoms with Gasteiger partial charge < -0.3 is 5.32 Å². The zero-order valence-electron chi connectivity index (χ0n) is 13.1. The van der Waals surface area contributed by atoms with E-state index in [1.807, 2.05) is 19.1 Å². The number of benzene rings is 2. The van der Waals surface area contributed by atoms with Gasteiger partial charge in [0.05, 0.1) is 10.6 Å². The Labute approximate surface area is 139 Å². The van der Waals surface area contributed by atoms with Crippen molar-refractivity contribution in [1.29, 1.82) is 0 Å². The number of rotatable bonds is 4. The van der Waals surface area contributed by atoms with Crippen molar-refractivity contribution in [3.8, 4) is 0 Å². The number of anilines is 1. The minimum atomic E-state index is -3.81. The number of amides is 3. The van der Waals surface area contributed by atoms with E-state index in [2.05, 4.69) is 10.6 Å². The Hall–Kier alpha value is -2.61. The highest BCUT2D eigenvalue weighted by Crippen LogP contribution is 2.41. The van der Waals surface area contributed by atoms with E-state index in [0.717, 1.165) is 16.1 Å². The summed E-state index contributed by atoms with van der Waals surface area (Å²) in [6.07, 6.45) is 0.736. The Morgan fingerprint density at radius 2 is 1.83 bits per heavy atom. The number of carbonyl (C=O) groups is 2. The van der Waals surface area contributed by atoms with Crippen molar-refractivity contribution in [3.05, 3.63) is 36.4 Å². The van der Waals surface area contributed by atoms with E-state index in [-0.39, 0.29) is 4.90 Å². The predicted molar refractivity (Wildman–Crippen MR) is 90.3 cm³/mol. The van der Waals surface area contributed by atoms with E-state index in [1.54, 1.807) is 18.2 Å². The summed E-state index contributed by atoms with van der Waals surface area (Å²) in [5.74, 6) is -0.683. The smallest absolute Gasteiger partial charge is 0.321 e. The van der Waals surface area contributed by atoms with E-state index in [4.69, 9.17) is 0 Å². The van der Waals surface area contributed by atoms with Gasteiger partial charge in [0.2, 0.25) is 5.91 Å². The number of hydrogen-bond acceptors (Lipinski definition) is 4. The molecule has 0 aliphatic carbocycles. The first-order chi connectivity index (χ1) is 11.4. The lowest BCUT2D eigenvalue weighted by Crippen LogP contribution is -2.45. The van der Waals surface area contributed by atoms with Crippen LogP contribution in [0.5, 0.6) is 0 Å². The van der Waals surface area contributed by atoms with Gasteiger partial charge in [-0.1, -0.05) is 31.2 Å². The highest BCUT2D eigenvalue weighted by Gasteiger charge is 2.36. The van der Waals surface area contributed by atoms with Gasteiger partial charge in [-0.15, -0.1) is 0 Å². The Kier molecular flexibility index (Phi) is 4.15. The molecule has 0 bridgehead atoms. The van der Waals surface area contributed by atoms with E-state index in [0.29, 0.717) is 17.6 Å². The van der Waals surface area contributed by atoms with Crippen molar-refractivity contribution in [3.63, 3.8) is 0 Å². The molecule has 3 rings (SSSR count). The van der Waals surface area contributed by atoms with Crippen LogP contribution in [0.25, 0.3) is 10.8 Å². The average Bonchev–Trinajstić information content (AvgIpc) is 2.76. The molecule has 0 saturated heterocycles. The summed E-state index contributed by atoms with van der Waals surface area (Å²) in [6, 6.07) is 9.59. The summed E-state index contributed by atoms with van der Waals surface area (Å²) in [5.41, 5.74) is 0.451. The fourth-order valence-corrected chi connectivity index (χ4v) is 4.37. The van der Waals surface area contributed by atoms with Crippen LogP contribution in [0.1, 0.15) is 13.3 Å². The highest BCUT2D eigenvalue weighted by atomic mass is 32.2. The zero-order valence-corrected chi connectivity index (χ0v) is 13.9. The maximum atomic E-state index is 12.7. The molecule has 0 unspecified atom stereocenters. The zero-order chi connectivity index (χ0) is 17.3. The number of nitrogens with one attached hydrogen (secondary N) is 2. The van der Waals surface area contributed by atoms with Gasteiger partial charge in [-0.3, -0.25) is 14.4 Å². The molecule has 1 heterocycles. The standard InChI is InChI=1S/C16H17N3O4S/c1-2-9-17-16(21)18-14(20)10-19-12-7-3-5-11-6-4-8-13(15(11)12)24(19,22)23/h3-8H,2,9-10H2,1H3,(H2,17,18,20,21). The van der Waals surface area contributed by atoms with Crippen LogP contribution in [0.4, 0.5) is 10.5 Å². The largest absolute Gasteiger partial charge is 0.338 e. The van der Waals surface area contributed by atoms with Crippen LogP contribution in [0.3, 0.4) is 0 Å². The molecule has 0 saturated carbocycles. The Morgan fingerprint density at radius 1 is 1.12 bits per heavy atom. The number of nitrogens with zero attached hydrogens (tertiary/aromatic N) is 1. The number of carbonyl (C=O) groups excluding carboxylic acids is 2. The molecule has 1 aliphatic rings. The normalized spacial score (nSPS) is 14.6. The van der Waals surface area contributed by atoms with Gasteiger partial charge in [-0.05, 0) is 23.9 Å². The lowest BCUT2D eigenvalue weighted by atomic mass is 10.1. The fourth-order valence-electron chi connectivity index (χ4n) is 2.71. The SMILES string of the molecule is CCCNC(=O)NC(=O)CN1c2cccc3cccc(c23)S1(=O)=O. The molecular weight excluding hydrogens is 330 g/mol. The van der Waals surface area contributed by atoms with Crippen LogP contribution in [-0.4, -0.2) is 33.4 Å². The van der Waals surface area contributed by atoms with Gasteiger partial charge in [-0.25, -0.2) is 13.2 Å². The van der Waals surface area contributed by atoms with Crippen LogP contribution < -0.4 is 14.9 Å². The van der Waals surface area contributed by atoms with E-state index in [9.17, 15) is 18.0 Å². The monoisotopic (exact) mass is 347 g/mol. The minimum Gasteiger partial charge on any atom is -0.338 e. The van der Waals surface area contributed by atoms with Gasteiger partial charge in [0, 0.05) is 11.9 Å². The Morgan fingerprint density at radius 3 is 2.54 bits per heavy atom. The second-order valence-corrected chi connectivity index (χ2v) is 7.28. The van der Waals surface area contributed by atoms with Crippen LogP contribution in [0.2, 0.25) is 0 Å². The Bertz CT molecular complexity index is 919. The summed E-state index contributed by atoms with van der Waals surface area (Å²) < 4.78 is 26.4. The molecule has 0 spiro atoms. The summed E-state index contributed by atoms with van der Waals surface area (Å²) >= 11 is 0. The van der Waals surface area contributed by atoms with Crippen molar-refractivity contribution in [2.45, 2.75) is 18.2 Å². The first kappa shape index (κ1) is 16.3. The highest BCUT2D eigenvalue weighted by molar-refractivity contribution is 7.93. The molecule has 1 aliphatic heterocycles. The van der Waals surface area contributed by atoms with E-state index >= 15 is 0 Å². The predicted octanol–water partition coefficient (Wildman–Crippen LogP) is 1.58. The van der Waals surface area contributed by atoms with Gasteiger partial charge in [-0.2, -0.15) is 0 Å². The van der Waals surface area contributed by atoms with Crippen molar-refractivity contribution in [1.82, 2.24) is 10.6 Å². The Balaban J connectivity index is 1.87. The third-order valence-electron chi connectivity index (χ3n) is 3.76. The van der Waals surface area contributed by atoms with Crippen LogP contribution in [-0.2, 0) is 14.8 Å². The third kappa shape index (κ3) is 2.69. The topological polar surface area (TPSA) is 95.6 Å². The number of sulfonamides is 1. The fraction of sp³-hybridized carbons (Fsp3) is 0.250. The first-order valence-corrected chi connectivity index (χ1v) is 9.01. The molecule has 2 aromatic rings. The molecule has 8 heteroatoms. The lowest BCUT2D eigenvalue weighted by molar-refractivity contribution is -0.118. The number of imide groups is 1. The molecule has 0 radical (unpaired) electrons. The van der Waals surface area contributed by atoms with E-state index < -0.39 is 28.5 Å².